The zero-order valence-electron chi connectivity index (χ0n) is 31.6. The summed E-state index contributed by atoms with van der Waals surface area (Å²) in [4.78, 5) is 9.92. The number of aliphatic imine (C=N–C) groups is 2. The van der Waals surface area contributed by atoms with Gasteiger partial charge in [0.15, 0.2) is 5.84 Å². The van der Waals surface area contributed by atoms with Crippen molar-refractivity contribution in [2.45, 2.75) is 13.0 Å². The van der Waals surface area contributed by atoms with E-state index in [1.165, 1.54) is 42.1 Å². The predicted molar refractivity (Wildman–Crippen MR) is 245 cm³/mol. The van der Waals surface area contributed by atoms with Gasteiger partial charge >= 0.3 is 0 Å². The van der Waals surface area contributed by atoms with E-state index in [9.17, 15) is 0 Å². The van der Waals surface area contributed by atoms with E-state index in [2.05, 4.69) is 133 Å². The molecule has 0 spiro atoms. The van der Waals surface area contributed by atoms with Gasteiger partial charge in [-0.15, -0.1) is 11.3 Å². The fourth-order valence-corrected chi connectivity index (χ4v) is 9.41. The lowest BCUT2D eigenvalue weighted by Crippen LogP contribution is -2.16. The van der Waals surface area contributed by atoms with Gasteiger partial charge in [-0.1, -0.05) is 115 Å². The first-order valence-electron chi connectivity index (χ1n) is 19.5. The van der Waals surface area contributed by atoms with Crippen LogP contribution >= 0.6 is 11.3 Å². The Morgan fingerprint density at radius 3 is 2.07 bits per heavy atom. The maximum atomic E-state index is 6.74. The maximum Gasteiger partial charge on any atom is 0.157 e. The van der Waals surface area contributed by atoms with Crippen LogP contribution in [0.3, 0.4) is 0 Å². The lowest BCUT2D eigenvalue weighted by Gasteiger charge is -2.10. The standard InChI is InChI=1S/C52H36N4OS/c1-32(33-12-4-2-5-13-33)54-52(34-14-6-3-7-15-34)55-51(53)37-20-24-40-43-31-38(23-26-47(43)57-48(40)30-37)56-45-18-10-8-16-39(45)42-28-35(21-25-46(42)56)36-22-27-50-44(29-36)41-17-9-11-19-49(41)58-50/h2-32H,1H3,(H2,53,54,55)/t32-/m1/s1. The number of aromatic nitrogens is 1. The number of hydrogen-bond donors (Lipinski definition) is 1. The van der Waals surface area contributed by atoms with Crippen molar-refractivity contribution >= 4 is 86.9 Å². The van der Waals surface area contributed by atoms with Crippen LogP contribution in [-0.4, -0.2) is 16.2 Å². The van der Waals surface area contributed by atoms with Gasteiger partial charge in [-0.25, -0.2) is 4.99 Å². The highest BCUT2D eigenvalue weighted by atomic mass is 32.1. The van der Waals surface area contributed by atoms with Crippen molar-refractivity contribution in [3.63, 3.8) is 0 Å². The molecule has 6 heteroatoms. The minimum absolute atomic E-state index is 0.0981. The van der Waals surface area contributed by atoms with E-state index < -0.39 is 0 Å². The molecule has 8 aromatic carbocycles. The number of fused-ring (bicyclic) bond motifs is 9. The number of rotatable bonds is 6. The molecule has 0 aliphatic rings. The highest BCUT2D eigenvalue weighted by molar-refractivity contribution is 7.25. The van der Waals surface area contributed by atoms with E-state index in [-0.39, 0.29) is 6.04 Å². The van der Waals surface area contributed by atoms with Gasteiger partial charge in [-0.2, -0.15) is 0 Å². The highest BCUT2D eigenvalue weighted by Gasteiger charge is 2.17. The summed E-state index contributed by atoms with van der Waals surface area (Å²) in [5.41, 5.74) is 16.9. The van der Waals surface area contributed by atoms with E-state index in [0.29, 0.717) is 11.7 Å². The van der Waals surface area contributed by atoms with Crippen LogP contribution in [-0.2, 0) is 0 Å². The molecule has 0 fully saturated rings. The molecule has 0 unspecified atom stereocenters. The van der Waals surface area contributed by atoms with Crippen molar-refractivity contribution < 1.29 is 4.42 Å². The van der Waals surface area contributed by atoms with Crippen molar-refractivity contribution in [3.05, 3.63) is 199 Å². The minimum atomic E-state index is -0.0981. The third kappa shape index (κ3) is 5.77. The Bertz CT molecular complexity index is 3430. The van der Waals surface area contributed by atoms with Crippen molar-refractivity contribution in [2.24, 2.45) is 15.7 Å². The van der Waals surface area contributed by atoms with Crippen molar-refractivity contribution in [1.29, 1.82) is 0 Å². The molecule has 0 amide bonds. The molecule has 11 aromatic rings. The van der Waals surface area contributed by atoms with Crippen molar-refractivity contribution in [3.8, 4) is 16.8 Å². The average Bonchev–Trinajstić information content (AvgIpc) is 3.95. The molecule has 0 aliphatic heterocycles. The van der Waals surface area contributed by atoms with Crippen LogP contribution in [0.4, 0.5) is 0 Å². The first-order chi connectivity index (χ1) is 28.6. The molecule has 3 aromatic heterocycles. The number of para-hydroxylation sites is 1. The summed E-state index contributed by atoms with van der Waals surface area (Å²) in [6.45, 7) is 2.07. The normalized spacial score (nSPS) is 13.1. The Balaban J connectivity index is 0.977. The molecule has 1 atom stereocenters. The molecule has 276 valence electrons. The third-order valence-electron chi connectivity index (χ3n) is 11.2. The van der Waals surface area contributed by atoms with Gasteiger partial charge in [0, 0.05) is 58.5 Å². The first-order valence-corrected chi connectivity index (χ1v) is 20.3. The number of hydrogen-bond acceptors (Lipinski definition) is 3. The van der Waals surface area contributed by atoms with Crippen LogP contribution in [0.2, 0.25) is 0 Å². The molecule has 11 rings (SSSR count). The second kappa shape index (κ2) is 13.7. The quantitative estimate of drug-likeness (QED) is 0.135. The van der Waals surface area contributed by atoms with Gasteiger partial charge in [0.1, 0.15) is 17.0 Å². The number of benzene rings is 8. The average molecular weight is 765 g/mol. The topological polar surface area (TPSA) is 68.8 Å². The number of thiophene rings is 1. The van der Waals surface area contributed by atoms with Gasteiger partial charge in [0.25, 0.3) is 0 Å². The Morgan fingerprint density at radius 1 is 0.534 bits per heavy atom. The molecular formula is C52H36N4OS. The molecular weight excluding hydrogens is 729 g/mol. The molecule has 0 saturated heterocycles. The summed E-state index contributed by atoms with van der Waals surface area (Å²) < 4.78 is 11.5. The lowest BCUT2D eigenvalue weighted by atomic mass is 10.0. The van der Waals surface area contributed by atoms with Crippen LogP contribution in [0, 0.1) is 0 Å². The summed E-state index contributed by atoms with van der Waals surface area (Å²) in [5, 5.41) is 7.11. The number of amidine groups is 2. The highest BCUT2D eigenvalue weighted by Crippen LogP contribution is 2.40. The molecule has 0 radical (unpaired) electrons. The fourth-order valence-electron chi connectivity index (χ4n) is 8.32. The third-order valence-corrected chi connectivity index (χ3v) is 12.4. The van der Waals surface area contributed by atoms with E-state index in [1.807, 2.05) is 72.0 Å². The summed E-state index contributed by atoms with van der Waals surface area (Å²) >= 11 is 1.85. The largest absolute Gasteiger partial charge is 0.456 e. The monoisotopic (exact) mass is 764 g/mol. The smallest absolute Gasteiger partial charge is 0.157 e. The van der Waals surface area contributed by atoms with Crippen LogP contribution < -0.4 is 5.73 Å². The van der Waals surface area contributed by atoms with Gasteiger partial charge in [0.05, 0.1) is 17.1 Å². The molecule has 0 aliphatic carbocycles. The predicted octanol–water partition coefficient (Wildman–Crippen LogP) is 13.6. The van der Waals surface area contributed by atoms with E-state index >= 15 is 0 Å². The van der Waals surface area contributed by atoms with Crippen LogP contribution in [0.1, 0.15) is 29.7 Å². The summed E-state index contributed by atoms with van der Waals surface area (Å²) in [5.74, 6) is 0.957. The van der Waals surface area contributed by atoms with Crippen LogP contribution in [0.15, 0.2) is 196 Å². The zero-order chi connectivity index (χ0) is 38.7. The van der Waals surface area contributed by atoms with Crippen LogP contribution in [0.25, 0.3) is 80.7 Å². The van der Waals surface area contributed by atoms with Gasteiger partial charge < -0.3 is 14.7 Å². The SMILES string of the molecule is C[C@@H](N=C(N=C(N)c1ccc2c(c1)oc1ccc(-n3c4ccccc4c4cc(-c5ccc6sc7ccccc7c6c5)ccc43)cc12)c1ccccc1)c1ccccc1. The molecule has 0 bridgehead atoms. The molecule has 5 nitrogen and oxygen atoms in total. The lowest BCUT2D eigenvalue weighted by molar-refractivity contribution is 0.669. The second-order valence-corrected chi connectivity index (χ2v) is 15.9. The number of nitrogens with two attached hydrogens (primary N) is 1. The Hall–Kier alpha value is -7.28. The zero-order valence-corrected chi connectivity index (χ0v) is 32.4. The fraction of sp³-hybridized carbons (Fsp3) is 0.0385. The Morgan fingerprint density at radius 2 is 1.22 bits per heavy atom. The minimum Gasteiger partial charge on any atom is -0.456 e. The Labute approximate surface area is 338 Å². The second-order valence-electron chi connectivity index (χ2n) is 14.8. The van der Waals surface area contributed by atoms with Crippen molar-refractivity contribution in [1.82, 2.24) is 4.57 Å². The number of nitrogens with zero attached hydrogens (tertiary/aromatic N) is 3. The van der Waals surface area contributed by atoms with Gasteiger partial charge in [0.2, 0.25) is 0 Å². The van der Waals surface area contributed by atoms with E-state index in [4.69, 9.17) is 20.1 Å². The number of furan rings is 1. The Kier molecular flexibility index (Phi) is 8.05. The van der Waals surface area contributed by atoms with E-state index in [0.717, 1.165) is 55.3 Å². The molecule has 3 heterocycles. The van der Waals surface area contributed by atoms with Gasteiger partial charge in [-0.05, 0) is 90.3 Å². The molecule has 2 N–H and O–H groups in total. The molecule has 0 saturated carbocycles. The first kappa shape index (κ1) is 34.0. The summed E-state index contributed by atoms with van der Waals surface area (Å²) in [6, 6.07) is 63.7. The molecule has 58 heavy (non-hydrogen) atoms. The van der Waals surface area contributed by atoms with Gasteiger partial charge in [-0.3, -0.25) is 4.99 Å². The summed E-state index contributed by atoms with van der Waals surface area (Å²) in [7, 11) is 0. The maximum absolute atomic E-state index is 6.74. The van der Waals surface area contributed by atoms with Crippen LogP contribution in [0.5, 0.6) is 0 Å². The van der Waals surface area contributed by atoms with Crippen molar-refractivity contribution in [2.75, 3.05) is 0 Å². The van der Waals surface area contributed by atoms with E-state index in [1.54, 1.807) is 0 Å². The summed E-state index contributed by atoms with van der Waals surface area (Å²) in [6.07, 6.45) is 0.